The molecule has 3 aromatic rings. The minimum Gasteiger partial charge on any atom is -0.355 e. The van der Waals surface area contributed by atoms with Gasteiger partial charge in [0.1, 0.15) is 5.82 Å². The lowest BCUT2D eigenvalue weighted by atomic mass is 9.91. The molecule has 5 rings (SSSR count). The van der Waals surface area contributed by atoms with E-state index < -0.39 is 11.7 Å². The monoisotopic (exact) mass is 537 g/mol. The smallest absolute Gasteiger partial charge is 0.230 e. The molecule has 208 valence electrons. The first kappa shape index (κ1) is 27.2. The second kappa shape index (κ2) is 11.8. The summed E-state index contributed by atoms with van der Waals surface area (Å²) in [6.45, 7) is 4.63. The second-order valence-corrected chi connectivity index (χ2v) is 10.9. The van der Waals surface area contributed by atoms with Gasteiger partial charge in [0.15, 0.2) is 5.82 Å². The van der Waals surface area contributed by atoms with Crippen LogP contribution in [0, 0.1) is 17.2 Å². The molecular weight excluding hydrogens is 501 g/mol. The van der Waals surface area contributed by atoms with Crippen LogP contribution in [0.5, 0.6) is 0 Å². The van der Waals surface area contributed by atoms with E-state index in [0.717, 1.165) is 19.5 Å². The van der Waals surface area contributed by atoms with E-state index in [4.69, 9.17) is 19.4 Å². The zero-order valence-corrected chi connectivity index (χ0v) is 22.7. The van der Waals surface area contributed by atoms with Gasteiger partial charge >= 0.3 is 0 Å². The number of nitrogens with one attached hydrogen (secondary N) is 3. The summed E-state index contributed by atoms with van der Waals surface area (Å²) in [6, 6.07) is 7.92. The Morgan fingerprint density at radius 2 is 1.90 bits per heavy atom. The van der Waals surface area contributed by atoms with Gasteiger partial charge in [0.2, 0.25) is 18.1 Å². The van der Waals surface area contributed by atoms with Crippen molar-refractivity contribution >= 4 is 11.9 Å². The van der Waals surface area contributed by atoms with Crippen molar-refractivity contribution in [1.82, 2.24) is 30.2 Å². The molecule has 0 radical (unpaired) electrons. The number of carbonyl (C=O) groups excluding carboxylic acids is 1. The van der Waals surface area contributed by atoms with E-state index in [9.17, 15) is 9.18 Å². The molecule has 2 aromatic heterocycles. The van der Waals surface area contributed by atoms with Crippen molar-refractivity contribution in [1.29, 1.82) is 0 Å². The fourth-order valence-electron chi connectivity index (χ4n) is 4.35. The standard InChI is InChI=1S/C28H36FN7O3/c1-28(26(37)32-15-18-5-6-18)16-38-25(39-17-28)24-34-22(19-7-9-20(29)10-8-19)23(35-24)21-11-13-31-27(33-21)30-12-4-14-36(2)3/h7-11,13,18,25H,4-6,12,14-17H2,1-3H3,(H,32,37)(H,34,35)(H,30,31,33). The fraction of sp³-hybridized carbons (Fsp3) is 0.500. The summed E-state index contributed by atoms with van der Waals surface area (Å²) < 4.78 is 25.7. The number of nitrogens with zero attached hydrogens (tertiary/aromatic N) is 4. The Hall–Kier alpha value is -3.41. The molecule has 0 atom stereocenters. The molecule has 0 bridgehead atoms. The van der Waals surface area contributed by atoms with Crippen LogP contribution in [0.25, 0.3) is 22.6 Å². The van der Waals surface area contributed by atoms with Crippen molar-refractivity contribution in [3.05, 3.63) is 48.2 Å². The molecule has 11 heteroatoms. The van der Waals surface area contributed by atoms with Crippen LogP contribution in [-0.2, 0) is 14.3 Å². The van der Waals surface area contributed by atoms with Crippen LogP contribution in [-0.4, -0.2) is 77.7 Å². The van der Waals surface area contributed by atoms with Crippen molar-refractivity contribution in [2.24, 2.45) is 11.3 Å². The number of halogens is 1. The highest BCUT2D eigenvalue weighted by atomic mass is 19.1. The minimum atomic E-state index is -0.785. The highest BCUT2D eigenvalue weighted by Crippen LogP contribution is 2.36. The highest BCUT2D eigenvalue weighted by molar-refractivity contribution is 5.82. The summed E-state index contributed by atoms with van der Waals surface area (Å²) >= 11 is 0. The van der Waals surface area contributed by atoms with E-state index in [1.54, 1.807) is 24.4 Å². The minimum absolute atomic E-state index is 0.0634. The topological polar surface area (TPSA) is 117 Å². The number of hydrogen-bond acceptors (Lipinski definition) is 8. The first-order chi connectivity index (χ1) is 18.8. The maximum absolute atomic E-state index is 13.7. The predicted molar refractivity (Wildman–Crippen MR) is 145 cm³/mol. The summed E-state index contributed by atoms with van der Waals surface area (Å²) in [7, 11) is 4.07. The van der Waals surface area contributed by atoms with Crippen molar-refractivity contribution in [3.63, 3.8) is 0 Å². The summed E-state index contributed by atoms with van der Waals surface area (Å²) in [5.41, 5.74) is 1.79. The van der Waals surface area contributed by atoms with Crippen molar-refractivity contribution < 1.29 is 18.7 Å². The SMILES string of the molecule is CN(C)CCCNc1nccc(-c2[nH]c(C3OCC(C)(C(=O)NCC4CC4)CO3)nc2-c2ccc(F)cc2)n1. The van der Waals surface area contributed by atoms with Gasteiger partial charge in [-0.3, -0.25) is 4.79 Å². The Bertz CT molecular complexity index is 1270. The lowest BCUT2D eigenvalue weighted by Crippen LogP contribution is -2.49. The molecule has 1 aliphatic carbocycles. The average molecular weight is 538 g/mol. The van der Waals surface area contributed by atoms with Crippen molar-refractivity contribution in [2.45, 2.75) is 32.5 Å². The van der Waals surface area contributed by atoms with Gasteiger partial charge in [0.05, 0.1) is 35.7 Å². The summed E-state index contributed by atoms with van der Waals surface area (Å²) in [6.07, 6.45) is 4.19. The molecule has 3 N–H and O–H groups in total. The van der Waals surface area contributed by atoms with E-state index in [1.165, 1.54) is 25.0 Å². The summed E-state index contributed by atoms with van der Waals surface area (Å²) in [5, 5.41) is 6.29. The zero-order chi connectivity index (χ0) is 27.4. The molecule has 2 fully saturated rings. The molecule has 0 spiro atoms. The van der Waals surface area contributed by atoms with Gasteiger partial charge in [0.25, 0.3) is 0 Å². The third kappa shape index (κ3) is 6.78. The Labute approximate surface area is 227 Å². The van der Waals surface area contributed by atoms with Crippen LogP contribution in [0.2, 0.25) is 0 Å². The quantitative estimate of drug-likeness (QED) is 0.318. The van der Waals surface area contributed by atoms with Crippen molar-refractivity contribution in [2.75, 3.05) is 52.3 Å². The molecule has 1 saturated heterocycles. The number of aromatic nitrogens is 4. The average Bonchev–Trinajstić information content (AvgIpc) is 3.66. The largest absolute Gasteiger partial charge is 0.355 e. The number of aromatic amines is 1. The van der Waals surface area contributed by atoms with Crippen LogP contribution >= 0.6 is 0 Å². The van der Waals surface area contributed by atoms with Gasteiger partial charge in [-0.15, -0.1) is 0 Å². The molecule has 1 aromatic carbocycles. The second-order valence-electron chi connectivity index (χ2n) is 10.9. The number of amides is 1. The van der Waals surface area contributed by atoms with Crippen molar-refractivity contribution in [3.8, 4) is 22.6 Å². The Morgan fingerprint density at radius 3 is 2.59 bits per heavy atom. The lowest BCUT2D eigenvalue weighted by molar-refractivity contribution is -0.231. The van der Waals surface area contributed by atoms with Crippen LogP contribution in [0.1, 0.15) is 38.3 Å². The van der Waals surface area contributed by atoms with Gasteiger partial charge in [-0.2, -0.15) is 0 Å². The third-order valence-corrected chi connectivity index (χ3v) is 6.94. The fourth-order valence-corrected chi connectivity index (χ4v) is 4.35. The van der Waals surface area contributed by atoms with E-state index in [2.05, 4.69) is 25.5 Å². The normalized spacial score (nSPS) is 21.2. The first-order valence-electron chi connectivity index (χ1n) is 13.4. The molecule has 10 nitrogen and oxygen atoms in total. The third-order valence-electron chi connectivity index (χ3n) is 6.94. The van der Waals surface area contributed by atoms with Gasteiger partial charge in [-0.05, 0) is 83.1 Å². The predicted octanol–water partition coefficient (Wildman–Crippen LogP) is 3.61. The number of anilines is 1. The van der Waals surface area contributed by atoms with Gasteiger partial charge < -0.3 is 30.0 Å². The molecule has 3 heterocycles. The summed E-state index contributed by atoms with van der Waals surface area (Å²) in [4.78, 5) is 32.0. The van der Waals surface area contributed by atoms with Gasteiger partial charge in [-0.25, -0.2) is 19.3 Å². The lowest BCUT2D eigenvalue weighted by Gasteiger charge is -2.35. The van der Waals surface area contributed by atoms with E-state index in [0.29, 0.717) is 46.9 Å². The maximum atomic E-state index is 13.7. The molecule has 1 saturated carbocycles. The van der Waals surface area contributed by atoms with E-state index in [1.807, 2.05) is 21.0 Å². The van der Waals surface area contributed by atoms with Gasteiger partial charge in [0, 0.05) is 24.8 Å². The number of imidazole rings is 1. The number of carbonyl (C=O) groups is 1. The zero-order valence-electron chi connectivity index (χ0n) is 22.7. The maximum Gasteiger partial charge on any atom is 0.230 e. The highest BCUT2D eigenvalue weighted by Gasteiger charge is 2.41. The van der Waals surface area contributed by atoms with E-state index >= 15 is 0 Å². The van der Waals surface area contributed by atoms with Crippen LogP contribution in [0.15, 0.2) is 36.5 Å². The van der Waals surface area contributed by atoms with Crippen LogP contribution in [0.4, 0.5) is 10.3 Å². The summed E-state index contributed by atoms with van der Waals surface area (Å²) in [5.74, 6) is 1.15. The van der Waals surface area contributed by atoms with Crippen LogP contribution < -0.4 is 10.6 Å². The number of hydrogen-bond donors (Lipinski definition) is 3. The van der Waals surface area contributed by atoms with Crippen LogP contribution in [0.3, 0.4) is 0 Å². The van der Waals surface area contributed by atoms with E-state index in [-0.39, 0.29) is 24.9 Å². The van der Waals surface area contributed by atoms with Gasteiger partial charge in [-0.1, -0.05) is 0 Å². The molecular formula is C28H36FN7O3. The molecule has 1 aliphatic heterocycles. The first-order valence-corrected chi connectivity index (χ1v) is 13.4. The molecule has 1 amide bonds. The number of rotatable bonds is 11. The Kier molecular flexibility index (Phi) is 8.20. The number of benzene rings is 1. The Morgan fingerprint density at radius 1 is 1.15 bits per heavy atom. The Balaban J connectivity index is 1.35. The molecule has 2 aliphatic rings. The molecule has 0 unspecified atom stereocenters. The molecule has 39 heavy (non-hydrogen) atoms. The number of ether oxygens (including phenoxy) is 2. The number of H-pyrrole nitrogens is 1.